The van der Waals surface area contributed by atoms with Crippen LogP contribution in [-0.4, -0.2) is 13.1 Å². The third-order valence-electron chi connectivity index (χ3n) is 2.42. The second kappa shape index (κ2) is 6.41. The summed E-state index contributed by atoms with van der Waals surface area (Å²) in [6.07, 6.45) is 5.62. The summed E-state index contributed by atoms with van der Waals surface area (Å²) >= 11 is 0. The van der Waals surface area contributed by atoms with E-state index in [-0.39, 0.29) is 0 Å². The van der Waals surface area contributed by atoms with Crippen LogP contribution in [0.4, 0.5) is 0 Å². The summed E-state index contributed by atoms with van der Waals surface area (Å²) in [5.74, 6) is 0.981. The van der Waals surface area contributed by atoms with Gasteiger partial charge < -0.3 is 5.32 Å². The predicted octanol–water partition coefficient (Wildman–Crippen LogP) is 2.59. The summed E-state index contributed by atoms with van der Waals surface area (Å²) in [4.78, 5) is 0. The molecule has 0 amide bonds. The van der Waals surface area contributed by atoms with Gasteiger partial charge in [-0.15, -0.1) is 13.2 Å². The normalized spacial score (nSPS) is 30.4. The maximum Gasteiger partial charge on any atom is 0.00642 e. The predicted molar refractivity (Wildman–Crippen MR) is 51.7 cm³/mol. The lowest BCUT2D eigenvalue weighted by atomic mass is 9.87. The van der Waals surface area contributed by atoms with Crippen LogP contribution in [0.25, 0.3) is 0 Å². The number of rotatable bonds is 1. The first-order valence-electron chi connectivity index (χ1n) is 4.50. The topological polar surface area (TPSA) is 12.0 Å². The van der Waals surface area contributed by atoms with Crippen molar-refractivity contribution in [2.24, 2.45) is 5.92 Å². The molecule has 1 rings (SSSR count). The van der Waals surface area contributed by atoms with Gasteiger partial charge in [0.25, 0.3) is 0 Å². The molecule has 1 aliphatic rings. The highest BCUT2D eigenvalue weighted by atomic mass is 14.9. The molecular formula is C10H21N. The average Bonchev–Trinajstić information content (AvgIpc) is 2.10. The molecule has 0 aliphatic heterocycles. The minimum Gasteiger partial charge on any atom is -0.317 e. The molecule has 0 aromatic carbocycles. The summed E-state index contributed by atoms with van der Waals surface area (Å²) in [6.45, 7) is 8.35. The van der Waals surface area contributed by atoms with Crippen molar-refractivity contribution in [3.05, 3.63) is 13.2 Å². The minimum absolute atomic E-state index is 0.821. The maximum absolute atomic E-state index is 3.32. The van der Waals surface area contributed by atoms with E-state index in [2.05, 4.69) is 32.4 Å². The fourth-order valence-corrected chi connectivity index (χ4v) is 1.55. The zero-order chi connectivity index (χ0) is 8.69. The lowest BCUT2D eigenvalue weighted by Crippen LogP contribution is -2.29. The Morgan fingerprint density at radius 3 is 1.91 bits per heavy atom. The second-order valence-corrected chi connectivity index (χ2v) is 3.25. The van der Waals surface area contributed by atoms with Crippen LogP contribution in [0.1, 0.15) is 32.6 Å². The van der Waals surface area contributed by atoms with Crippen LogP contribution in [0.15, 0.2) is 13.2 Å². The van der Waals surface area contributed by atoms with Gasteiger partial charge in [0.15, 0.2) is 0 Å². The van der Waals surface area contributed by atoms with Crippen molar-refractivity contribution >= 4 is 0 Å². The molecule has 0 unspecified atom stereocenters. The lowest BCUT2D eigenvalue weighted by Gasteiger charge is -2.25. The third-order valence-corrected chi connectivity index (χ3v) is 2.42. The molecule has 0 spiro atoms. The van der Waals surface area contributed by atoms with Gasteiger partial charge in [0.1, 0.15) is 0 Å². The van der Waals surface area contributed by atoms with E-state index < -0.39 is 0 Å². The zero-order valence-corrected chi connectivity index (χ0v) is 7.90. The van der Waals surface area contributed by atoms with Crippen molar-refractivity contribution in [1.82, 2.24) is 5.32 Å². The fraction of sp³-hybridized carbons (Fsp3) is 0.800. The first-order chi connectivity index (χ1) is 5.33. The monoisotopic (exact) mass is 155 g/mol. The number of hydrogen-bond acceptors (Lipinski definition) is 1. The minimum atomic E-state index is 0.821. The largest absolute Gasteiger partial charge is 0.317 e. The average molecular weight is 155 g/mol. The Kier molecular flexibility index (Phi) is 6.24. The van der Waals surface area contributed by atoms with Gasteiger partial charge in [-0.1, -0.05) is 6.92 Å². The van der Waals surface area contributed by atoms with Crippen LogP contribution in [0, 0.1) is 5.92 Å². The highest BCUT2D eigenvalue weighted by Gasteiger charge is 2.15. The number of hydrogen-bond donors (Lipinski definition) is 1. The van der Waals surface area contributed by atoms with Gasteiger partial charge in [-0.25, -0.2) is 0 Å². The van der Waals surface area contributed by atoms with Crippen molar-refractivity contribution < 1.29 is 0 Å². The molecule has 0 atom stereocenters. The van der Waals surface area contributed by atoms with E-state index in [1.807, 2.05) is 0 Å². The van der Waals surface area contributed by atoms with Gasteiger partial charge in [-0.3, -0.25) is 0 Å². The van der Waals surface area contributed by atoms with Gasteiger partial charge in [0.2, 0.25) is 0 Å². The number of nitrogens with one attached hydrogen (secondary N) is 1. The van der Waals surface area contributed by atoms with Crippen molar-refractivity contribution in [3.63, 3.8) is 0 Å². The van der Waals surface area contributed by atoms with E-state index in [1.165, 1.54) is 25.7 Å². The first kappa shape index (κ1) is 10.7. The highest BCUT2D eigenvalue weighted by molar-refractivity contribution is 4.73. The summed E-state index contributed by atoms with van der Waals surface area (Å²) in [5, 5.41) is 3.32. The van der Waals surface area contributed by atoms with Crippen LogP contribution in [-0.2, 0) is 0 Å². The Morgan fingerprint density at radius 2 is 1.55 bits per heavy atom. The third kappa shape index (κ3) is 4.20. The summed E-state index contributed by atoms with van der Waals surface area (Å²) in [5.41, 5.74) is 0. The molecule has 1 saturated carbocycles. The van der Waals surface area contributed by atoms with Crippen molar-refractivity contribution in [2.45, 2.75) is 38.6 Å². The van der Waals surface area contributed by atoms with E-state index >= 15 is 0 Å². The molecule has 1 heteroatoms. The lowest BCUT2D eigenvalue weighted by molar-refractivity contribution is 0.319. The second-order valence-electron chi connectivity index (χ2n) is 3.25. The summed E-state index contributed by atoms with van der Waals surface area (Å²) < 4.78 is 0. The van der Waals surface area contributed by atoms with E-state index in [4.69, 9.17) is 0 Å². The molecule has 1 fully saturated rings. The van der Waals surface area contributed by atoms with E-state index in [0.717, 1.165) is 12.0 Å². The smallest absolute Gasteiger partial charge is 0.00642 e. The molecule has 0 radical (unpaired) electrons. The highest BCUT2D eigenvalue weighted by Crippen LogP contribution is 2.22. The van der Waals surface area contributed by atoms with Crippen LogP contribution in [0.2, 0.25) is 0 Å². The quantitative estimate of drug-likeness (QED) is 0.574. The molecule has 0 aromatic rings. The Balaban J connectivity index is 0.000000461. The Labute approximate surface area is 70.9 Å². The van der Waals surface area contributed by atoms with Gasteiger partial charge in [0.05, 0.1) is 0 Å². The van der Waals surface area contributed by atoms with Gasteiger partial charge in [-0.05, 0) is 38.6 Å². The van der Waals surface area contributed by atoms with Crippen LogP contribution < -0.4 is 5.32 Å². The van der Waals surface area contributed by atoms with Crippen LogP contribution in [0.3, 0.4) is 0 Å². The zero-order valence-electron chi connectivity index (χ0n) is 7.90. The summed E-state index contributed by atoms with van der Waals surface area (Å²) in [6, 6.07) is 0.821. The molecule has 11 heavy (non-hydrogen) atoms. The molecule has 0 heterocycles. The molecule has 0 aromatic heterocycles. The molecule has 1 aliphatic carbocycles. The van der Waals surface area contributed by atoms with E-state index in [0.29, 0.717) is 0 Å². The molecule has 66 valence electrons. The van der Waals surface area contributed by atoms with Crippen LogP contribution in [0.5, 0.6) is 0 Å². The Bertz CT molecular complexity index is 82.9. The standard InChI is InChI=1S/C8H17N.C2H4/c1-7-3-5-8(9-2)6-4-7;1-2/h7-9H,3-6H2,1-2H3;1-2H2. The van der Waals surface area contributed by atoms with E-state index in [1.54, 1.807) is 0 Å². The summed E-state index contributed by atoms with van der Waals surface area (Å²) in [7, 11) is 2.07. The first-order valence-corrected chi connectivity index (χ1v) is 4.50. The van der Waals surface area contributed by atoms with Gasteiger partial charge in [0, 0.05) is 6.04 Å². The molecule has 1 N–H and O–H groups in total. The molecular weight excluding hydrogens is 134 g/mol. The Morgan fingerprint density at radius 1 is 1.09 bits per heavy atom. The van der Waals surface area contributed by atoms with Crippen LogP contribution >= 0.6 is 0 Å². The van der Waals surface area contributed by atoms with Crippen molar-refractivity contribution in [2.75, 3.05) is 7.05 Å². The molecule has 0 saturated heterocycles. The SMILES string of the molecule is C=C.CNC1CCC(C)CC1. The van der Waals surface area contributed by atoms with E-state index in [9.17, 15) is 0 Å². The fourth-order valence-electron chi connectivity index (χ4n) is 1.55. The van der Waals surface area contributed by atoms with Gasteiger partial charge >= 0.3 is 0 Å². The van der Waals surface area contributed by atoms with Crippen molar-refractivity contribution in [3.8, 4) is 0 Å². The van der Waals surface area contributed by atoms with Crippen molar-refractivity contribution in [1.29, 1.82) is 0 Å². The Hall–Kier alpha value is -0.300. The molecule has 1 nitrogen and oxygen atoms in total. The molecule has 0 bridgehead atoms. The maximum atomic E-state index is 3.32. The van der Waals surface area contributed by atoms with Gasteiger partial charge in [-0.2, -0.15) is 0 Å².